The molecule has 0 spiro atoms. The van der Waals surface area contributed by atoms with E-state index in [-0.39, 0.29) is 12.4 Å². The van der Waals surface area contributed by atoms with E-state index in [1.165, 1.54) is 18.4 Å². The Morgan fingerprint density at radius 3 is 2.87 bits per heavy atom. The van der Waals surface area contributed by atoms with Crippen LogP contribution in [0.2, 0.25) is 0 Å². The summed E-state index contributed by atoms with van der Waals surface area (Å²) in [5.74, 6) is -1.14. The Balaban J connectivity index is 2.46. The molecule has 0 unspecified atom stereocenters. The number of methoxy groups -OCH3 is 1. The van der Waals surface area contributed by atoms with E-state index in [9.17, 15) is 9.59 Å². The number of rotatable bonds is 5. The minimum atomic E-state index is -0.793. The van der Waals surface area contributed by atoms with Gasteiger partial charge in [-0.3, -0.25) is 4.79 Å². The predicted octanol–water partition coefficient (Wildman–Crippen LogP) is 1.94. The van der Waals surface area contributed by atoms with Crippen molar-refractivity contribution < 1.29 is 19.4 Å². The van der Waals surface area contributed by atoms with E-state index < -0.39 is 5.97 Å². The summed E-state index contributed by atoms with van der Waals surface area (Å²) in [5, 5.41) is 10.3. The van der Waals surface area contributed by atoms with Gasteiger partial charge in [0.1, 0.15) is 4.88 Å². The molecule has 0 aliphatic heterocycles. The van der Waals surface area contributed by atoms with E-state index in [0.717, 1.165) is 5.56 Å². The van der Waals surface area contributed by atoms with Crippen molar-refractivity contribution in [1.82, 2.24) is 0 Å². The lowest BCUT2D eigenvalue weighted by Crippen LogP contribution is -1.97. The summed E-state index contributed by atoms with van der Waals surface area (Å²) < 4.78 is 4.57. The number of aliphatic carboxylic acids is 1. The molecule has 1 aromatic rings. The molecule has 0 aromatic carbocycles. The highest BCUT2D eigenvalue weighted by Crippen LogP contribution is 2.17. The van der Waals surface area contributed by atoms with Crippen LogP contribution in [0.15, 0.2) is 11.4 Å². The van der Waals surface area contributed by atoms with Gasteiger partial charge in [0.25, 0.3) is 0 Å². The first-order chi connectivity index (χ1) is 7.13. The van der Waals surface area contributed by atoms with Crippen LogP contribution in [0.25, 0.3) is 0 Å². The van der Waals surface area contributed by atoms with Crippen LogP contribution in [0.5, 0.6) is 0 Å². The van der Waals surface area contributed by atoms with Gasteiger partial charge in [0, 0.05) is 6.42 Å². The Hall–Kier alpha value is -1.36. The fourth-order valence-electron chi connectivity index (χ4n) is 1.16. The van der Waals surface area contributed by atoms with Crippen LogP contribution in [-0.2, 0) is 16.0 Å². The molecule has 1 rings (SSSR count). The summed E-state index contributed by atoms with van der Waals surface area (Å²) in [4.78, 5) is 21.9. The molecule has 0 aliphatic rings. The summed E-state index contributed by atoms with van der Waals surface area (Å²) in [6.07, 6.45) is 1.43. The van der Waals surface area contributed by atoms with Crippen LogP contribution in [0, 0.1) is 0 Å². The molecule has 1 heterocycles. The van der Waals surface area contributed by atoms with Crippen LogP contribution in [0.3, 0.4) is 0 Å². The molecule has 4 nitrogen and oxygen atoms in total. The van der Waals surface area contributed by atoms with E-state index in [4.69, 9.17) is 5.11 Å². The maximum absolute atomic E-state index is 11.1. The van der Waals surface area contributed by atoms with Gasteiger partial charge in [0.2, 0.25) is 0 Å². The maximum Gasteiger partial charge on any atom is 0.348 e. The van der Waals surface area contributed by atoms with Gasteiger partial charge in [0.15, 0.2) is 0 Å². The molecule has 1 N–H and O–H groups in total. The number of aryl methyl sites for hydroxylation is 1. The van der Waals surface area contributed by atoms with Gasteiger partial charge in [-0.1, -0.05) is 0 Å². The number of carboxylic acids is 1. The number of hydrogen-bond donors (Lipinski definition) is 1. The molecule has 0 aliphatic carbocycles. The van der Waals surface area contributed by atoms with Crippen LogP contribution < -0.4 is 0 Å². The first kappa shape index (κ1) is 11.7. The van der Waals surface area contributed by atoms with Gasteiger partial charge in [-0.15, -0.1) is 11.3 Å². The Morgan fingerprint density at radius 2 is 2.27 bits per heavy atom. The molecule has 82 valence electrons. The lowest BCUT2D eigenvalue weighted by Gasteiger charge is -1.94. The largest absolute Gasteiger partial charge is 0.481 e. The number of thiophene rings is 1. The number of carbonyl (C=O) groups is 2. The van der Waals surface area contributed by atoms with Gasteiger partial charge in [-0.2, -0.15) is 0 Å². The molecule has 0 atom stereocenters. The van der Waals surface area contributed by atoms with Crippen molar-refractivity contribution in [2.75, 3.05) is 7.11 Å². The van der Waals surface area contributed by atoms with E-state index >= 15 is 0 Å². The molecule has 15 heavy (non-hydrogen) atoms. The van der Waals surface area contributed by atoms with Crippen LogP contribution in [-0.4, -0.2) is 24.2 Å². The fraction of sp³-hybridized carbons (Fsp3) is 0.400. The number of hydrogen-bond acceptors (Lipinski definition) is 4. The summed E-state index contributed by atoms with van der Waals surface area (Å²) in [5.41, 5.74) is 0.988. The molecule has 0 radical (unpaired) electrons. The molecule has 0 bridgehead atoms. The van der Waals surface area contributed by atoms with Crippen LogP contribution in [0.1, 0.15) is 28.1 Å². The zero-order valence-corrected chi connectivity index (χ0v) is 9.17. The number of carboxylic acid groups (broad SMARTS) is 1. The molecule has 0 amide bonds. The molecule has 5 heteroatoms. The Kier molecular flexibility index (Phi) is 4.30. The SMILES string of the molecule is COC(=O)c1cc(CCCC(=O)O)cs1. The van der Waals surface area contributed by atoms with E-state index in [2.05, 4.69) is 4.74 Å². The van der Waals surface area contributed by atoms with Gasteiger partial charge in [-0.25, -0.2) is 4.79 Å². The molecular weight excluding hydrogens is 216 g/mol. The van der Waals surface area contributed by atoms with Crippen molar-refractivity contribution in [2.24, 2.45) is 0 Å². The standard InChI is InChI=1S/C10H12O4S/c1-14-10(13)8-5-7(6-15-8)3-2-4-9(11)12/h5-6H,2-4H2,1H3,(H,11,12). The van der Waals surface area contributed by atoms with Crippen molar-refractivity contribution in [1.29, 1.82) is 0 Å². The second-order valence-electron chi connectivity index (χ2n) is 3.06. The number of ether oxygens (including phenoxy) is 1. The van der Waals surface area contributed by atoms with Crippen molar-refractivity contribution in [3.05, 3.63) is 21.9 Å². The number of carbonyl (C=O) groups excluding carboxylic acids is 1. The van der Waals surface area contributed by atoms with E-state index in [1.807, 2.05) is 5.38 Å². The van der Waals surface area contributed by atoms with Crippen molar-refractivity contribution >= 4 is 23.3 Å². The normalized spacial score (nSPS) is 9.93. The molecule has 0 saturated heterocycles. The van der Waals surface area contributed by atoms with E-state index in [1.54, 1.807) is 6.07 Å². The van der Waals surface area contributed by atoms with Gasteiger partial charge in [-0.05, 0) is 29.9 Å². The summed E-state index contributed by atoms with van der Waals surface area (Å²) in [6, 6.07) is 1.75. The second-order valence-corrected chi connectivity index (χ2v) is 3.97. The lowest BCUT2D eigenvalue weighted by molar-refractivity contribution is -0.137. The topological polar surface area (TPSA) is 63.6 Å². The maximum atomic E-state index is 11.1. The van der Waals surface area contributed by atoms with Crippen LogP contribution >= 0.6 is 11.3 Å². The van der Waals surface area contributed by atoms with Gasteiger partial charge >= 0.3 is 11.9 Å². The third kappa shape index (κ3) is 3.71. The highest BCUT2D eigenvalue weighted by molar-refractivity contribution is 7.12. The lowest BCUT2D eigenvalue weighted by atomic mass is 10.1. The monoisotopic (exact) mass is 228 g/mol. The Bertz CT molecular complexity index is 356. The van der Waals surface area contributed by atoms with E-state index in [0.29, 0.717) is 17.7 Å². The Morgan fingerprint density at radius 1 is 1.53 bits per heavy atom. The van der Waals surface area contributed by atoms with Gasteiger partial charge < -0.3 is 9.84 Å². The average Bonchev–Trinajstić information content (AvgIpc) is 2.65. The first-order valence-electron chi connectivity index (χ1n) is 4.51. The third-order valence-electron chi connectivity index (χ3n) is 1.90. The van der Waals surface area contributed by atoms with Crippen molar-refractivity contribution in [3.8, 4) is 0 Å². The molecule has 0 fully saturated rings. The second kappa shape index (κ2) is 5.50. The van der Waals surface area contributed by atoms with Gasteiger partial charge in [0.05, 0.1) is 7.11 Å². The molecule has 1 aromatic heterocycles. The van der Waals surface area contributed by atoms with Crippen molar-refractivity contribution in [3.63, 3.8) is 0 Å². The minimum Gasteiger partial charge on any atom is -0.481 e. The zero-order valence-electron chi connectivity index (χ0n) is 8.36. The highest BCUT2D eigenvalue weighted by Gasteiger charge is 2.08. The highest BCUT2D eigenvalue weighted by atomic mass is 32.1. The summed E-state index contributed by atoms with van der Waals surface area (Å²) in [6.45, 7) is 0. The van der Waals surface area contributed by atoms with Crippen molar-refractivity contribution in [2.45, 2.75) is 19.3 Å². The Labute approximate surface area is 91.5 Å². The van der Waals surface area contributed by atoms with Crippen LogP contribution in [0.4, 0.5) is 0 Å². The predicted molar refractivity (Wildman–Crippen MR) is 56.2 cm³/mol. The first-order valence-corrected chi connectivity index (χ1v) is 5.39. The number of esters is 1. The summed E-state index contributed by atoms with van der Waals surface area (Å²) >= 11 is 1.32. The quantitative estimate of drug-likeness (QED) is 0.782. The smallest absolute Gasteiger partial charge is 0.348 e. The molecule has 0 saturated carbocycles. The molecular formula is C10H12O4S. The fourth-order valence-corrected chi connectivity index (χ4v) is 2.02. The third-order valence-corrected chi connectivity index (χ3v) is 2.86. The average molecular weight is 228 g/mol. The minimum absolute atomic E-state index is 0.156. The summed E-state index contributed by atoms with van der Waals surface area (Å²) in [7, 11) is 1.34. The zero-order chi connectivity index (χ0) is 11.3.